The van der Waals surface area contributed by atoms with Gasteiger partial charge in [-0.25, -0.2) is 0 Å². The molecule has 0 N–H and O–H groups in total. The summed E-state index contributed by atoms with van der Waals surface area (Å²) in [6.45, 7) is 5.50. The van der Waals surface area contributed by atoms with E-state index in [-0.39, 0.29) is 12.5 Å². The van der Waals surface area contributed by atoms with E-state index in [0.29, 0.717) is 0 Å². The van der Waals surface area contributed by atoms with Crippen molar-refractivity contribution in [1.82, 2.24) is 0 Å². The molecule has 0 saturated heterocycles. The van der Waals surface area contributed by atoms with Crippen LogP contribution in [0.3, 0.4) is 0 Å². The molecule has 0 aromatic carbocycles. The van der Waals surface area contributed by atoms with Gasteiger partial charge in [0.25, 0.3) is 0 Å². The van der Waals surface area contributed by atoms with Crippen LogP contribution in [0.25, 0.3) is 0 Å². The molecule has 1 unspecified atom stereocenters. The van der Waals surface area contributed by atoms with E-state index >= 15 is 0 Å². The number of hydrogen-bond acceptors (Lipinski definition) is 1. The average molecular weight is 208 g/mol. The molecule has 3 heteroatoms. The molecule has 86 valence electrons. The Hall–Kier alpha value is -0.180. The van der Waals surface area contributed by atoms with Gasteiger partial charge in [-0.3, -0.25) is 0 Å². The first-order valence-electron chi connectivity index (χ1n) is 5.61. The lowest BCUT2D eigenvalue weighted by molar-refractivity contribution is -0.265. The van der Waals surface area contributed by atoms with E-state index in [1.165, 1.54) is 6.92 Å². The van der Waals surface area contributed by atoms with Gasteiger partial charge in [0.1, 0.15) is 0 Å². The molecule has 0 aliphatic rings. The van der Waals surface area contributed by atoms with Crippen molar-refractivity contribution >= 4 is 0 Å². The van der Waals surface area contributed by atoms with Gasteiger partial charge in [-0.1, -0.05) is 40.0 Å². The number of ether oxygens (including phenoxy) is 1. The van der Waals surface area contributed by atoms with E-state index in [0.717, 1.165) is 32.1 Å². The average Bonchev–Trinajstić information content (AvgIpc) is 2.14. The van der Waals surface area contributed by atoms with Gasteiger partial charge in [0.05, 0.1) is 6.10 Å². The van der Waals surface area contributed by atoms with Crippen molar-refractivity contribution in [3.05, 3.63) is 0 Å². The number of alkyl halides is 2. The van der Waals surface area contributed by atoms with Gasteiger partial charge in [0.15, 0.2) is 0 Å². The van der Waals surface area contributed by atoms with Gasteiger partial charge in [0.2, 0.25) is 0 Å². The fourth-order valence-electron chi connectivity index (χ4n) is 1.34. The molecule has 0 amide bonds. The van der Waals surface area contributed by atoms with Crippen LogP contribution in [0.15, 0.2) is 0 Å². The first-order valence-corrected chi connectivity index (χ1v) is 5.61. The molecule has 14 heavy (non-hydrogen) atoms. The molecule has 0 aliphatic heterocycles. The van der Waals surface area contributed by atoms with Gasteiger partial charge >= 0.3 is 6.11 Å². The van der Waals surface area contributed by atoms with Crippen LogP contribution in [0.1, 0.15) is 59.3 Å². The number of hydrogen-bond donors (Lipinski definition) is 0. The van der Waals surface area contributed by atoms with E-state index in [1.54, 1.807) is 0 Å². The highest BCUT2D eigenvalue weighted by atomic mass is 19.3. The molecule has 0 fully saturated rings. The molecule has 0 saturated carbocycles. The van der Waals surface area contributed by atoms with Crippen molar-refractivity contribution in [2.24, 2.45) is 0 Å². The Kier molecular flexibility index (Phi) is 7.06. The molecule has 0 heterocycles. The summed E-state index contributed by atoms with van der Waals surface area (Å²) in [5, 5.41) is 0. The fraction of sp³-hybridized carbons (Fsp3) is 1.00. The van der Waals surface area contributed by atoms with Gasteiger partial charge in [-0.05, 0) is 12.8 Å². The van der Waals surface area contributed by atoms with Crippen molar-refractivity contribution < 1.29 is 13.5 Å². The first kappa shape index (κ1) is 13.8. The molecule has 0 rings (SSSR count). The normalized spacial score (nSPS) is 14.4. The van der Waals surface area contributed by atoms with Crippen LogP contribution in [0, 0.1) is 0 Å². The van der Waals surface area contributed by atoms with Crippen LogP contribution in [0.4, 0.5) is 8.78 Å². The van der Waals surface area contributed by atoms with E-state index in [4.69, 9.17) is 4.74 Å². The lowest BCUT2D eigenvalue weighted by Crippen LogP contribution is -2.27. The Balaban J connectivity index is 3.94. The van der Waals surface area contributed by atoms with Gasteiger partial charge in [0, 0.05) is 6.42 Å². The summed E-state index contributed by atoms with van der Waals surface area (Å²) in [6, 6.07) is 0. The van der Waals surface area contributed by atoms with Crippen LogP contribution < -0.4 is 0 Å². The van der Waals surface area contributed by atoms with E-state index in [9.17, 15) is 8.78 Å². The van der Waals surface area contributed by atoms with Crippen LogP contribution in [-0.4, -0.2) is 12.2 Å². The fourth-order valence-corrected chi connectivity index (χ4v) is 1.34. The summed E-state index contributed by atoms with van der Waals surface area (Å²) in [4.78, 5) is 0. The largest absolute Gasteiger partial charge is 0.355 e. The number of unbranched alkanes of at least 4 members (excludes halogenated alkanes) is 1. The van der Waals surface area contributed by atoms with E-state index < -0.39 is 6.11 Å². The SMILES string of the molecule is CCCCC(CCC)OC(F)(F)CC. The van der Waals surface area contributed by atoms with Crippen molar-refractivity contribution in [3.8, 4) is 0 Å². The molecule has 0 aromatic rings. The lowest BCUT2D eigenvalue weighted by atomic mass is 10.1. The maximum absolute atomic E-state index is 12.9. The second-order valence-electron chi connectivity index (χ2n) is 3.66. The monoisotopic (exact) mass is 208 g/mol. The van der Waals surface area contributed by atoms with Crippen molar-refractivity contribution in [2.45, 2.75) is 71.5 Å². The molecule has 0 aliphatic carbocycles. The van der Waals surface area contributed by atoms with E-state index in [1.807, 2.05) is 6.92 Å². The van der Waals surface area contributed by atoms with Crippen molar-refractivity contribution in [1.29, 1.82) is 0 Å². The highest BCUT2D eigenvalue weighted by Gasteiger charge is 2.30. The smallest absolute Gasteiger partial charge is 0.317 e. The van der Waals surface area contributed by atoms with Crippen LogP contribution >= 0.6 is 0 Å². The van der Waals surface area contributed by atoms with Gasteiger partial charge < -0.3 is 4.74 Å². The summed E-state index contributed by atoms with van der Waals surface area (Å²) in [7, 11) is 0. The predicted octanol–water partition coefficient (Wildman–Crippen LogP) is 4.36. The zero-order valence-electron chi connectivity index (χ0n) is 9.48. The molecular formula is C11H22F2O. The Labute approximate surface area is 85.8 Å². The zero-order chi connectivity index (χ0) is 11.0. The van der Waals surface area contributed by atoms with Crippen LogP contribution in [0.5, 0.6) is 0 Å². The zero-order valence-corrected chi connectivity index (χ0v) is 9.48. The van der Waals surface area contributed by atoms with Crippen molar-refractivity contribution in [3.63, 3.8) is 0 Å². The third kappa shape index (κ3) is 6.30. The molecule has 0 bridgehead atoms. The second kappa shape index (κ2) is 7.16. The molecule has 0 aromatic heterocycles. The molecule has 1 nitrogen and oxygen atoms in total. The van der Waals surface area contributed by atoms with Gasteiger partial charge in [-0.2, -0.15) is 8.78 Å². The Morgan fingerprint density at radius 3 is 2.14 bits per heavy atom. The van der Waals surface area contributed by atoms with Crippen LogP contribution in [-0.2, 0) is 4.74 Å². The summed E-state index contributed by atoms with van der Waals surface area (Å²) in [6.07, 6.45) is 0.928. The third-order valence-corrected chi connectivity index (χ3v) is 2.24. The molecule has 0 spiro atoms. The number of rotatable bonds is 8. The standard InChI is InChI=1S/C11H22F2O/c1-4-7-9-10(8-5-2)14-11(12,13)6-3/h10H,4-9H2,1-3H3. The van der Waals surface area contributed by atoms with Crippen LogP contribution in [0.2, 0.25) is 0 Å². The third-order valence-electron chi connectivity index (χ3n) is 2.24. The van der Waals surface area contributed by atoms with Crippen molar-refractivity contribution in [2.75, 3.05) is 0 Å². The summed E-state index contributed by atoms with van der Waals surface area (Å²) in [5.41, 5.74) is 0. The lowest BCUT2D eigenvalue weighted by Gasteiger charge is -2.23. The minimum atomic E-state index is -2.94. The minimum Gasteiger partial charge on any atom is -0.317 e. The quantitative estimate of drug-likeness (QED) is 0.575. The Morgan fingerprint density at radius 1 is 1.07 bits per heavy atom. The molecule has 0 radical (unpaired) electrons. The highest BCUT2D eigenvalue weighted by molar-refractivity contribution is 4.61. The Bertz CT molecular complexity index is 137. The second-order valence-corrected chi connectivity index (χ2v) is 3.66. The minimum absolute atomic E-state index is 0.237. The van der Waals surface area contributed by atoms with E-state index in [2.05, 4.69) is 6.92 Å². The molecular weight excluding hydrogens is 186 g/mol. The Morgan fingerprint density at radius 2 is 1.71 bits per heavy atom. The topological polar surface area (TPSA) is 9.23 Å². The summed E-state index contributed by atoms with van der Waals surface area (Å²) >= 11 is 0. The molecule has 1 atom stereocenters. The maximum atomic E-state index is 12.9. The summed E-state index contributed by atoms with van der Waals surface area (Å²) in [5.74, 6) is 0. The maximum Gasteiger partial charge on any atom is 0.355 e. The predicted molar refractivity (Wildman–Crippen MR) is 54.5 cm³/mol. The number of halogens is 2. The highest BCUT2D eigenvalue weighted by Crippen LogP contribution is 2.25. The first-order chi connectivity index (χ1) is 6.55. The summed E-state index contributed by atoms with van der Waals surface area (Å²) < 4.78 is 30.7. The van der Waals surface area contributed by atoms with Gasteiger partial charge in [-0.15, -0.1) is 0 Å².